The van der Waals surface area contributed by atoms with E-state index in [4.69, 9.17) is 4.74 Å². The highest BCUT2D eigenvalue weighted by Gasteiger charge is 2.12. The van der Waals surface area contributed by atoms with Crippen LogP contribution in [0.3, 0.4) is 0 Å². The SMILES string of the molecule is O=C(COC(=O)Cn1[nH]c(=O)c2ccccc2c1=O)Nc1ccc(Br)cc1. The molecule has 1 aromatic heterocycles. The van der Waals surface area contributed by atoms with E-state index in [0.29, 0.717) is 5.69 Å². The number of benzene rings is 2. The quantitative estimate of drug-likeness (QED) is 0.596. The maximum atomic E-state index is 12.3. The minimum Gasteiger partial charge on any atom is -0.454 e. The van der Waals surface area contributed by atoms with Crippen LogP contribution < -0.4 is 16.4 Å². The first-order valence-corrected chi connectivity index (χ1v) is 8.66. The second kappa shape index (κ2) is 8.00. The molecule has 3 aromatic rings. The minimum atomic E-state index is -0.825. The van der Waals surface area contributed by atoms with Crippen LogP contribution in [0.1, 0.15) is 0 Å². The number of carbonyl (C=O) groups excluding carboxylic acids is 2. The zero-order valence-electron chi connectivity index (χ0n) is 13.9. The number of aromatic nitrogens is 2. The summed E-state index contributed by atoms with van der Waals surface area (Å²) in [7, 11) is 0. The van der Waals surface area contributed by atoms with Gasteiger partial charge in [0.2, 0.25) is 0 Å². The number of carbonyl (C=O) groups is 2. The molecule has 0 saturated heterocycles. The monoisotopic (exact) mass is 431 g/mol. The van der Waals surface area contributed by atoms with Crippen molar-refractivity contribution in [1.82, 2.24) is 9.78 Å². The van der Waals surface area contributed by atoms with Gasteiger partial charge >= 0.3 is 5.97 Å². The van der Waals surface area contributed by atoms with Gasteiger partial charge in [-0.3, -0.25) is 24.3 Å². The van der Waals surface area contributed by atoms with Crippen molar-refractivity contribution < 1.29 is 14.3 Å². The minimum absolute atomic E-state index is 0.196. The highest BCUT2D eigenvalue weighted by molar-refractivity contribution is 9.10. The van der Waals surface area contributed by atoms with E-state index < -0.39 is 36.1 Å². The van der Waals surface area contributed by atoms with Crippen molar-refractivity contribution in [1.29, 1.82) is 0 Å². The molecule has 2 N–H and O–H groups in total. The number of ether oxygens (including phenoxy) is 1. The summed E-state index contributed by atoms with van der Waals surface area (Å²) in [6.07, 6.45) is 0. The Balaban J connectivity index is 1.62. The molecule has 0 radical (unpaired) electrons. The van der Waals surface area contributed by atoms with Crippen molar-refractivity contribution in [2.45, 2.75) is 6.54 Å². The number of rotatable bonds is 5. The summed E-state index contributed by atoms with van der Waals surface area (Å²) in [5.74, 6) is -1.35. The number of esters is 1. The largest absolute Gasteiger partial charge is 0.454 e. The van der Waals surface area contributed by atoms with Crippen LogP contribution in [-0.4, -0.2) is 28.3 Å². The third-order valence-electron chi connectivity index (χ3n) is 3.66. The molecule has 8 nitrogen and oxygen atoms in total. The van der Waals surface area contributed by atoms with Crippen molar-refractivity contribution in [3.05, 3.63) is 73.7 Å². The zero-order chi connectivity index (χ0) is 19.4. The van der Waals surface area contributed by atoms with Crippen LogP contribution >= 0.6 is 15.9 Å². The maximum Gasteiger partial charge on any atom is 0.328 e. The highest BCUT2D eigenvalue weighted by Crippen LogP contribution is 2.13. The summed E-state index contributed by atoms with van der Waals surface area (Å²) in [5, 5.41) is 5.33. The smallest absolute Gasteiger partial charge is 0.328 e. The molecule has 0 bridgehead atoms. The lowest BCUT2D eigenvalue weighted by molar-refractivity contribution is -0.148. The molecule has 138 valence electrons. The topological polar surface area (TPSA) is 110 Å². The normalized spacial score (nSPS) is 10.6. The number of aromatic amines is 1. The summed E-state index contributed by atoms with van der Waals surface area (Å²) in [6.45, 7) is -1.02. The molecule has 0 aliphatic carbocycles. The van der Waals surface area contributed by atoms with E-state index in [1.807, 2.05) is 0 Å². The van der Waals surface area contributed by atoms with Gasteiger partial charge < -0.3 is 10.1 Å². The van der Waals surface area contributed by atoms with Crippen molar-refractivity contribution in [3.8, 4) is 0 Å². The number of halogens is 1. The molecule has 0 saturated carbocycles. The van der Waals surface area contributed by atoms with E-state index in [1.54, 1.807) is 36.4 Å². The Morgan fingerprint density at radius 2 is 1.70 bits per heavy atom. The van der Waals surface area contributed by atoms with Crippen molar-refractivity contribution in [2.24, 2.45) is 0 Å². The van der Waals surface area contributed by atoms with Crippen LogP contribution in [0.25, 0.3) is 10.8 Å². The standard InChI is InChI=1S/C18H14BrN3O5/c19-11-5-7-12(8-6-11)20-15(23)10-27-16(24)9-22-18(26)14-4-2-1-3-13(14)17(25)21-22/h1-8H,9-10H2,(H,20,23)(H,21,25). The molecule has 0 atom stereocenters. The maximum absolute atomic E-state index is 12.3. The Labute approximate surface area is 160 Å². The highest BCUT2D eigenvalue weighted by atomic mass is 79.9. The van der Waals surface area contributed by atoms with Gasteiger partial charge in [0.05, 0.1) is 10.8 Å². The van der Waals surface area contributed by atoms with Gasteiger partial charge in [-0.05, 0) is 36.4 Å². The third-order valence-corrected chi connectivity index (χ3v) is 4.19. The lowest BCUT2D eigenvalue weighted by Gasteiger charge is -2.08. The van der Waals surface area contributed by atoms with Crippen LogP contribution in [0.5, 0.6) is 0 Å². The predicted octanol–water partition coefficient (Wildman–Crippen LogP) is 1.63. The summed E-state index contributed by atoms with van der Waals surface area (Å²) < 4.78 is 6.59. The first-order chi connectivity index (χ1) is 12.9. The van der Waals surface area contributed by atoms with Gasteiger partial charge in [0.15, 0.2) is 6.61 Å². The Morgan fingerprint density at radius 3 is 2.41 bits per heavy atom. The van der Waals surface area contributed by atoms with Crippen LogP contribution in [0.4, 0.5) is 5.69 Å². The Morgan fingerprint density at radius 1 is 1.04 bits per heavy atom. The molecule has 0 aliphatic rings. The average Bonchev–Trinajstić information content (AvgIpc) is 2.66. The first-order valence-electron chi connectivity index (χ1n) is 7.87. The fourth-order valence-electron chi connectivity index (χ4n) is 2.41. The number of fused-ring (bicyclic) bond motifs is 1. The number of anilines is 1. The van der Waals surface area contributed by atoms with Crippen molar-refractivity contribution in [3.63, 3.8) is 0 Å². The van der Waals surface area contributed by atoms with Gasteiger partial charge in [-0.15, -0.1) is 0 Å². The first kappa shape index (κ1) is 18.6. The number of H-pyrrole nitrogens is 1. The molecule has 27 heavy (non-hydrogen) atoms. The average molecular weight is 432 g/mol. The number of hydrogen-bond donors (Lipinski definition) is 2. The van der Waals surface area contributed by atoms with Crippen molar-refractivity contribution >= 4 is 44.3 Å². The van der Waals surface area contributed by atoms with Gasteiger partial charge in [-0.1, -0.05) is 28.1 Å². The molecule has 0 fully saturated rings. The van der Waals surface area contributed by atoms with E-state index in [9.17, 15) is 19.2 Å². The van der Waals surface area contributed by atoms with Crippen LogP contribution in [0.2, 0.25) is 0 Å². The summed E-state index contributed by atoms with van der Waals surface area (Å²) >= 11 is 3.28. The molecule has 2 aromatic carbocycles. The second-order valence-electron chi connectivity index (χ2n) is 5.59. The van der Waals surface area contributed by atoms with Gasteiger partial charge in [-0.25, -0.2) is 4.68 Å². The van der Waals surface area contributed by atoms with E-state index in [1.165, 1.54) is 12.1 Å². The molecular formula is C18H14BrN3O5. The Bertz CT molecular complexity index is 1120. The van der Waals surface area contributed by atoms with Gasteiger partial charge in [0, 0.05) is 10.2 Å². The summed E-state index contributed by atoms with van der Waals surface area (Å²) in [4.78, 5) is 48.1. The molecule has 9 heteroatoms. The van der Waals surface area contributed by atoms with Gasteiger partial charge in [-0.2, -0.15) is 0 Å². The van der Waals surface area contributed by atoms with Gasteiger partial charge in [0.1, 0.15) is 6.54 Å². The second-order valence-corrected chi connectivity index (χ2v) is 6.51. The fourth-order valence-corrected chi connectivity index (χ4v) is 2.67. The van der Waals surface area contributed by atoms with Crippen LogP contribution in [-0.2, 0) is 20.9 Å². The number of amides is 1. The van der Waals surface area contributed by atoms with Gasteiger partial charge in [0.25, 0.3) is 17.0 Å². The lowest BCUT2D eigenvalue weighted by atomic mass is 10.2. The summed E-state index contributed by atoms with van der Waals surface area (Å²) in [6, 6.07) is 13.2. The molecule has 1 amide bonds. The molecule has 0 aliphatic heterocycles. The number of hydrogen-bond acceptors (Lipinski definition) is 5. The number of nitrogens with zero attached hydrogens (tertiary/aromatic N) is 1. The predicted molar refractivity (Wildman–Crippen MR) is 103 cm³/mol. The van der Waals surface area contributed by atoms with E-state index in [-0.39, 0.29) is 10.8 Å². The fraction of sp³-hybridized carbons (Fsp3) is 0.111. The van der Waals surface area contributed by atoms with Crippen LogP contribution in [0, 0.1) is 0 Å². The molecular weight excluding hydrogens is 418 g/mol. The van der Waals surface area contributed by atoms with E-state index in [0.717, 1.165) is 9.15 Å². The molecule has 1 heterocycles. The number of nitrogens with one attached hydrogen (secondary N) is 2. The molecule has 0 unspecified atom stereocenters. The lowest BCUT2D eigenvalue weighted by Crippen LogP contribution is -2.33. The third kappa shape index (κ3) is 4.50. The van der Waals surface area contributed by atoms with Crippen molar-refractivity contribution in [2.75, 3.05) is 11.9 Å². The molecule has 0 spiro atoms. The summed E-state index contributed by atoms with van der Waals surface area (Å²) in [5.41, 5.74) is -0.471. The van der Waals surface area contributed by atoms with Crippen LogP contribution in [0.15, 0.2) is 62.6 Å². The Kier molecular flexibility index (Phi) is 5.51. The van der Waals surface area contributed by atoms with E-state index >= 15 is 0 Å². The Hall–Kier alpha value is -3.20. The van der Waals surface area contributed by atoms with E-state index in [2.05, 4.69) is 26.3 Å². The molecule has 3 rings (SSSR count). The zero-order valence-corrected chi connectivity index (χ0v) is 15.5.